The minimum absolute atomic E-state index is 0.506. The molecule has 0 spiro atoms. The van der Waals surface area contributed by atoms with Gasteiger partial charge in [0.15, 0.2) is 17.1 Å². The Hall–Kier alpha value is -21.7. The molecule has 0 saturated carbocycles. The number of nitriles is 4. The number of fused-ring (bicyclic) bond motifs is 18. The Kier molecular flexibility index (Phi) is 21.6. The van der Waals surface area contributed by atoms with Crippen LogP contribution in [0.5, 0.6) is 0 Å². The van der Waals surface area contributed by atoms with Crippen LogP contribution in [0.3, 0.4) is 0 Å². The van der Waals surface area contributed by atoms with E-state index in [1.807, 2.05) is 212 Å². The molecule has 0 saturated heterocycles. The maximum absolute atomic E-state index is 10.2. The lowest BCUT2D eigenvalue weighted by Crippen LogP contribution is -1.98. The summed E-state index contributed by atoms with van der Waals surface area (Å²) >= 11 is 0. The van der Waals surface area contributed by atoms with E-state index in [0.717, 1.165) is 199 Å². The van der Waals surface area contributed by atoms with Crippen molar-refractivity contribution >= 4 is 154 Å². The van der Waals surface area contributed by atoms with Gasteiger partial charge in [-0.2, -0.15) is 21.0 Å². The first-order valence-corrected chi connectivity index (χ1v) is 48.2. The number of pyridine rings is 1. The van der Waals surface area contributed by atoms with Gasteiger partial charge >= 0.3 is 0 Å². The molecule has 148 heavy (non-hydrogen) atoms. The zero-order valence-electron chi connectivity index (χ0n) is 79.0. The van der Waals surface area contributed by atoms with Gasteiger partial charge in [0, 0.05) is 110 Å². The minimum Gasteiger partial charge on any atom is -0.320 e. The van der Waals surface area contributed by atoms with Crippen LogP contribution in [-0.2, 0) is 0 Å². The fraction of sp³-hybridized carbons (Fsp3) is 0. The summed E-state index contributed by atoms with van der Waals surface area (Å²) in [6.07, 6.45) is 1.93. The standard InChI is InChI=1S/C46H24N6.C45H25N5.C42H26N4/c1-48-32-21-24-44-40(25-32)37-10-5-6-13-42(37)51(44)34-22-19-31(28-47)39(27-34)30-17-15-29(16-18-30)35-11-8-12-41(50-3)46(35)52-43-14-7-4-9-36(43)38-23-20-33(49-2)26-45(38)52;1-48-34-21-23-43-39(26-34)36-11-2-4-13-40(36)49(43)35-10-6-8-32(25-35)30-17-19-31(20-18-30)38-24-29(27-46)16-22-42(38)50-41-14-5-3-12-37(41)45-33(28-47)9-7-15-44(45)50;43-26-28-21-23-30(45-39-17-7-2-12-32(39)33-13-3-8-18-40(33)45)25-36(28)37-24-22-29(27-44-37)31-11-1-6-16-38(31)46-41-19-9-4-14-34(41)35-15-5-10-20-42(35)46/h4-27H;2-26H;1-25,27H. The first kappa shape index (κ1) is 87.8. The van der Waals surface area contributed by atoms with E-state index in [9.17, 15) is 21.0 Å². The van der Waals surface area contributed by atoms with Crippen molar-refractivity contribution < 1.29 is 0 Å². The second-order valence-corrected chi connectivity index (χ2v) is 36.4. The minimum atomic E-state index is 0.506. The SMILES string of the molecule is N#Cc1ccc(-n2c3ccccc3c3ccccc32)cc1-c1ccc(-c2ccccc2-n2c3ccccc3c3ccccc32)cn1.[C-]#[N+]c1ccc2c(c1)c1ccccc1n2-c1ccc(C#N)c(-c2ccc(-c3cccc([N+]#[C-])c3-n3c4ccccc4c4ccc([N+]#[C-])cc43)cc2)c1.[C-]#[N+]c1ccc2c(c1)c1ccccc1n2-c1cccc(-c2ccc(-c3cc(C#N)ccc3-n3c4ccccc4c4c(C#N)cccc43)cc2)c1. The van der Waals surface area contributed by atoms with Crippen molar-refractivity contribution in [3.63, 3.8) is 0 Å². The Morgan fingerprint density at radius 1 is 0.209 bits per heavy atom. The first-order chi connectivity index (χ1) is 73.1. The van der Waals surface area contributed by atoms with Crippen molar-refractivity contribution in [3.05, 3.63) is 523 Å². The van der Waals surface area contributed by atoms with Crippen LogP contribution < -0.4 is 0 Å². The molecule has 0 unspecified atom stereocenters. The Balaban J connectivity index is 0.000000116. The van der Waals surface area contributed by atoms with Crippen LogP contribution in [0, 0.1) is 71.6 Å². The third kappa shape index (κ3) is 14.6. The number of rotatable bonds is 12. The lowest BCUT2D eigenvalue weighted by atomic mass is 9.95. The van der Waals surface area contributed by atoms with Crippen LogP contribution in [0.1, 0.15) is 22.3 Å². The molecule has 0 radical (unpaired) electrons. The summed E-state index contributed by atoms with van der Waals surface area (Å²) < 4.78 is 13.4. The fourth-order valence-electron chi connectivity index (χ4n) is 21.9. The molecule has 0 atom stereocenters. The monoisotopic (exact) mass is 1880 g/mol. The summed E-state index contributed by atoms with van der Waals surface area (Å²) in [6.45, 7) is 30.9. The zero-order valence-corrected chi connectivity index (χ0v) is 79.0. The van der Waals surface area contributed by atoms with Crippen molar-refractivity contribution in [1.82, 2.24) is 32.4 Å². The third-order valence-corrected chi connectivity index (χ3v) is 28.5. The molecule has 20 aromatic carbocycles. The molecule has 7 heterocycles. The lowest BCUT2D eigenvalue weighted by molar-refractivity contribution is 1.17. The highest BCUT2D eigenvalue weighted by molar-refractivity contribution is 6.17. The number of benzene rings is 20. The highest BCUT2D eigenvalue weighted by Crippen LogP contribution is 2.48. The van der Waals surface area contributed by atoms with Crippen LogP contribution in [0.25, 0.3) is 251 Å². The summed E-state index contributed by atoms with van der Waals surface area (Å²) in [7, 11) is 0. The number of para-hydroxylation sites is 10. The molecular formula is C133H75N15. The number of aromatic nitrogens is 7. The van der Waals surface area contributed by atoms with E-state index >= 15 is 0 Å². The Labute approximate surface area is 849 Å². The van der Waals surface area contributed by atoms with Gasteiger partial charge in [0.1, 0.15) is 0 Å². The average molecular weight is 1880 g/mol. The zero-order chi connectivity index (χ0) is 99.7. The summed E-state index contributed by atoms with van der Waals surface area (Å²) in [6, 6.07) is 161. The highest BCUT2D eigenvalue weighted by Gasteiger charge is 2.26. The molecule has 0 bridgehead atoms. The van der Waals surface area contributed by atoms with E-state index in [4.69, 9.17) is 31.3 Å². The van der Waals surface area contributed by atoms with E-state index in [2.05, 4.69) is 314 Å². The fourth-order valence-corrected chi connectivity index (χ4v) is 21.9. The van der Waals surface area contributed by atoms with E-state index in [-0.39, 0.29) is 0 Å². The highest BCUT2D eigenvalue weighted by atomic mass is 15.0. The Morgan fingerprint density at radius 2 is 0.601 bits per heavy atom. The lowest BCUT2D eigenvalue weighted by Gasteiger charge is -2.17. The Bertz CT molecular complexity index is 10500. The molecule has 0 N–H and O–H groups in total. The van der Waals surface area contributed by atoms with E-state index in [1.165, 1.54) is 32.6 Å². The largest absolute Gasteiger partial charge is 0.320 e. The summed E-state index contributed by atoms with van der Waals surface area (Å²) in [5.74, 6) is 0. The molecule has 27 aromatic rings. The van der Waals surface area contributed by atoms with Crippen molar-refractivity contribution in [3.8, 4) is 125 Å². The topological polar surface area (TPSA) is 155 Å². The van der Waals surface area contributed by atoms with E-state index in [1.54, 1.807) is 0 Å². The van der Waals surface area contributed by atoms with Crippen LogP contribution in [0.2, 0.25) is 0 Å². The van der Waals surface area contributed by atoms with Crippen molar-refractivity contribution in [1.29, 1.82) is 21.0 Å². The predicted octanol–water partition coefficient (Wildman–Crippen LogP) is 34.7. The first-order valence-electron chi connectivity index (χ1n) is 48.2. The van der Waals surface area contributed by atoms with Crippen molar-refractivity contribution in [2.45, 2.75) is 0 Å². The summed E-state index contributed by atoms with van der Waals surface area (Å²) in [5.41, 5.74) is 34.1. The molecule has 0 aliphatic heterocycles. The van der Waals surface area contributed by atoms with Gasteiger partial charge < -0.3 is 27.4 Å². The molecule has 682 valence electrons. The van der Waals surface area contributed by atoms with Gasteiger partial charge in [0.05, 0.1) is 156 Å². The molecule has 7 aromatic heterocycles. The molecule has 15 nitrogen and oxygen atoms in total. The molecule has 0 fully saturated rings. The Morgan fingerprint density at radius 3 is 1.12 bits per heavy atom. The molecular weight excluding hydrogens is 1810 g/mol. The summed E-state index contributed by atoms with van der Waals surface area (Å²) in [4.78, 5) is 19.9. The average Bonchev–Trinajstić information content (AvgIpc) is 1.57. The van der Waals surface area contributed by atoms with Gasteiger partial charge in [0.2, 0.25) is 5.69 Å². The summed E-state index contributed by atoms with van der Waals surface area (Å²) in [5, 5.41) is 53.3. The maximum atomic E-state index is 10.2. The normalized spacial score (nSPS) is 11.2. The quantitative estimate of drug-likeness (QED) is 0.111. The van der Waals surface area contributed by atoms with Gasteiger partial charge in [0.25, 0.3) is 0 Å². The molecule has 0 amide bonds. The van der Waals surface area contributed by atoms with Gasteiger partial charge in [-0.05, 0) is 214 Å². The number of nitrogens with zero attached hydrogens (tertiary/aromatic N) is 15. The van der Waals surface area contributed by atoms with E-state index in [0.29, 0.717) is 45.0 Å². The van der Waals surface area contributed by atoms with E-state index < -0.39 is 0 Å². The molecule has 27 rings (SSSR count). The van der Waals surface area contributed by atoms with Crippen molar-refractivity contribution in [2.75, 3.05) is 0 Å². The van der Waals surface area contributed by atoms with Crippen LogP contribution in [0.4, 0.5) is 22.7 Å². The predicted molar refractivity (Wildman–Crippen MR) is 600 cm³/mol. The van der Waals surface area contributed by atoms with Gasteiger partial charge in [-0.15, -0.1) is 0 Å². The number of hydrogen-bond acceptors (Lipinski definition) is 5. The second-order valence-electron chi connectivity index (χ2n) is 36.4. The van der Waals surface area contributed by atoms with Crippen LogP contribution in [0.15, 0.2) is 455 Å². The molecule has 0 aliphatic carbocycles. The molecule has 15 heteroatoms. The van der Waals surface area contributed by atoms with Gasteiger partial charge in [-0.25, -0.2) is 19.4 Å². The van der Waals surface area contributed by atoms with Crippen LogP contribution >= 0.6 is 0 Å². The van der Waals surface area contributed by atoms with Gasteiger partial charge in [-0.1, -0.05) is 279 Å². The van der Waals surface area contributed by atoms with Gasteiger partial charge in [-0.3, -0.25) is 4.98 Å². The number of hydrogen-bond donors (Lipinski definition) is 0. The smallest absolute Gasteiger partial charge is 0.211 e. The molecule has 0 aliphatic rings. The third-order valence-electron chi connectivity index (χ3n) is 28.5. The van der Waals surface area contributed by atoms with Crippen molar-refractivity contribution in [2.24, 2.45) is 0 Å². The maximum Gasteiger partial charge on any atom is 0.211 e. The van der Waals surface area contributed by atoms with Crippen LogP contribution in [-0.4, -0.2) is 32.4 Å². The second kappa shape index (κ2) is 36.5.